The number of H-pyrrole nitrogens is 1. The molecule has 1 aliphatic rings. The van der Waals surface area contributed by atoms with Crippen molar-refractivity contribution in [3.05, 3.63) is 30.2 Å². The van der Waals surface area contributed by atoms with Crippen molar-refractivity contribution in [1.29, 1.82) is 0 Å². The maximum Gasteiger partial charge on any atom is 0.274 e. The maximum atomic E-state index is 12.2. The molecule has 0 aliphatic carbocycles. The highest BCUT2D eigenvalue weighted by Gasteiger charge is 2.24. The van der Waals surface area contributed by atoms with Gasteiger partial charge in [0.15, 0.2) is 11.5 Å². The molecule has 2 aromatic rings. The third-order valence-corrected chi connectivity index (χ3v) is 2.91. The first-order valence-electron chi connectivity index (χ1n) is 5.89. The number of aromatic amines is 1. The summed E-state index contributed by atoms with van der Waals surface area (Å²) in [7, 11) is 0. The van der Waals surface area contributed by atoms with Crippen LogP contribution in [0.25, 0.3) is 11.5 Å². The van der Waals surface area contributed by atoms with E-state index in [2.05, 4.69) is 15.5 Å². The maximum absolute atomic E-state index is 12.2. The fraction of sp³-hybridized carbons (Fsp3) is 0.250. The van der Waals surface area contributed by atoms with E-state index in [9.17, 15) is 9.59 Å². The SMILES string of the molecule is O=C1CN(C(=O)c2cc(-c3ccco3)[nH]n2)CCN1. The normalized spacial score (nSPS) is 15.4. The van der Waals surface area contributed by atoms with Gasteiger partial charge in [-0.3, -0.25) is 14.7 Å². The van der Waals surface area contributed by atoms with Gasteiger partial charge >= 0.3 is 0 Å². The van der Waals surface area contributed by atoms with Gasteiger partial charge in [-0.25, -0.2) is 0 Å². The van der Waals surface area contributed by atoms with Crippen LogP contribution in [0.2, 0.25) is 0 Å². The van der Waals surface area contributed by atoms with Gasteiger partial charge in [-0.2, -0.15) is 5.10 Å². The number of piperazine rings is 1. The standard InChI is InChI=1S/C12H12N4O3/c17-11-7-16(4-3-13-11)12(18)9-6-8(14-15-9)10-2-1-5-19-10/h1-2,5-6H,3-4,7H2,(H,13,17)(H,14,15). The zero-order valence-corrected chi connectivity index (χ0v) is 10.0. The minimum Gasteiger partial charge on any atom is -0.463 e. The van der Waals surface area contributed by atoms with Crippen LogP contribution >= 0.6 is 0 Å². The van der Waals surface area contributed by atoms with Gasteiger partial charge in [0, 0.05) is 19.2 Å². The minimum atomic E-state index is -0.260. The van der Waals surface area contributed by atoms with Gasteiger partial charge in [-0.1, -0.05) is 0 Å². The Kier molecular flexibility index (Phi) is 2.79. The van der Waals surface area contributed by atoms with Gasteiger partial charge < -0.3 is 14.6 Å². The second-order valence-corrected chi connectivity index (χ2v) is 4.22. The molecule has 1 fully saturated rings. The second-order valence-electron chi connectivity index (χ2n) is 4.22. The number of hydrogen-bond donors (Lipinski definition) is 2. The monoisotopic (exact) mass is 260 g/mol. The summed E-state index contributed by atoms with van der Waals surface area (Å²) in [6.07, 6.45) is 1.55. The molecule has 2 aromatic heterocycles. The zero-order chi connectivity index (χ0) is 13.2. The van der Waals surface area contributed by atoms with Gasteiger partial charge in [0.2, 0.25) is 5.91 Å². The number of nitrogens with one attached hydrogen (secondary N) is 2. The Morgan fingerprint density at radius 1 is 1.47 bits per heavy atom. The Labute approximate surface area is 108 Å². The predicted octanol–water partition coefficient (Wildman–Crippen LogP) is 0.242. The van der Waals surface area contributed by atoms with Crippen LogP contribution in [-0.2, 0) is 4.79 Å². The van der Waals surface area contributed by atoms with Crippen molar-refractivity contribution in [3.63, 3.8) is 0 Å². The molecule has 0 radical (unpaired) electrons. The van der Waals surface area contributed by atoms with Gasteiger partial charge in [0.1, 0.15) is 5.69 Å². The first kappa shape index (κ1) is 11.5. The molecule has 0 bridgehead atoms. The smallest absolute Gasteiger partial charge is 0.274 e. The third kappa shape index (κ3) is 2.22. The fourth-order valence-electron chi connectivity index (χ4n) is 1.96. The van der Waals surface area contributed by atoms with Crippen molar-refractivity contribution in [2.24, 2.45) is 0 Å². The van der Waals surface area contributed by atoms with Crippen molar-refractivity contribution in [3.8, 4) is 11.5 Å². The number of carbonyl (C=O) groups is 2. The molecule has 2 N–H and O–H groups in total. The molecule has 0 saturated carbocycles. The summed E-state index contributed by atoms with van der Waals surface area (Å²) in [5.74, 6) is 0.202. The van der Waals surface area contributed by atoms with E-state index < -0.39 is 0 Å². The summed E-state index contributed by atoms with van der Waals surface area (Å²) in [6.45, 7) is 1.04. The highest BCUT2D eigenvalue weighted by molar-refractivity contribution is 5.96. The first-order chi connectivity index (χ1) is 9.24. The van der Waals surface area contributed by atoms with Crippen molar-refractivity contribution < 1.29 is 14.0 Å². The Hall–Kier alpha value is -2.57. The lowest BCUT2D eigenvalue weighted by Crippen LogP contribution is -2.50. The Morgan fingerprint density at radius 3 is 3.11 bits per heavy atom. The average molecular weight is 260 g/mol. The molecule has 98 valence electrons. The topological polar surface area (TPSA) is 91.2 Å². The van der Waals surface area contributed by atoms with Crippen LogP contribution in [0.4, 0.5) is 0 Å². The molecule has 1 saturated heterocycles. The van der Waals surface area contributed by atoms with Crippen LogP contribution in [-0.4, -0.2) is 46.5 Å². The molecule has 7 heteroatoms. The van der Waals surface area contributed by atoms with Crippen molar-refractivity contribution in [2.75, 3.05) is 19.6 Å². The van der Waals surface area contributed by atoms with E-state index >= 15 is 0 Å². The largest absolute Gasteiger partial charge is 0.463 e. The molecule has 0 spiro atoms. The number of rotatable bonds is 2. The quantitative estimate of drug-likeness (QED) is 0.809. The zero-order valence-electron chi connectivity index (χ0n) is 10.0. The fourth-order valence-corrected chi connectivity index (χ4v) is 1.96. The molecule has 2 amide bonds. The van der Waals surface area contributed by atoms with Crippen molar-refractivity contribution >= 4 is 11.8 Å². The van der Waals surface area contributed by atoms with Crippen LogP contribution in [0.3, 0.4) is 0 Å². The summed E-state index contributed by atoms with van der Waals surface area (Å²) in [5.41, 5.74) is 0.913. The molecule has 3 heterocycles. The molecule has 0 atom stereocenters. The number of hydrogen-bond acceptors (Lipinski definition) is 4. The average Bonchev–Trinajstić information content (AvgIpc) is 3.08. The molecular formula is C12H12N4O3. The molecule has 0 unspecified atom stereocenters. The van der Waals surface area contributed by atoms with Gasteiger partial charge in [-0.05, 0) is 12.1 Å². The first-order valence-corrected chi connectivity index (χ1v) is 5.89. The van der Waals surface area contributed by atoms with E-state index in [1.54, 1.807) is 24.5 Å². The minimum absolute atomic E-state index is 0.0712. The lowest BCUT2D eigenvalue weighted by atomic mass is 10.2. The van der Waals surface area contributed by atoms with E-state index in [1.807, 2.05) is 0 Å². The van der Waals surface area contributed by atoms with Crippen LogP contribution in [0.5, 0.6) is 0 Å². The van der Waals surface area contributed by atoms with Gasteiger partial charge in [-0.15, -0.1) is 0 Å². The van der Waals surface area contributed by atoms with Crippen LogP contribution in [0, 0.1) is 0 Å². The third-order valence-electron chi connectivity index (χ3n) is 2.91. The lowest BCUT2D eigenvalue weighted by Gasteiger charge is -2.25. The molecule has 7 nitrogen and oxygen atoms in total. The number of carbonyl (C=O) groups excluding carboxylic acids is 2. The second kappa shape index (κ2) is 4.60. The van der Waals surface area contributed by atoms with Gasteiger partial charge in [0.05, 0.1) is 12.8 Å². The summed E-state index contributed by atoms with van der Waals surface area (Å²) in [5, 5.41) is 9.38. The lowest BCUT2D eigenvalue weighted by molar-refractivity contribution is -0.123. The summed E-state index contributed by atoms with van der Waals surface area (Å²) in [4.78, 5) is 24.9. The number of amides is 2. The van der Waals surface area contributed by atoms with E-state index in [-0.39, 0.29) is 24.1 Å². The van der Waals surface area contributed by atoms with Crippen molar-refractivity contribution in [1.82, 2.24) is 20.4 Å². The van der Waals surface area contributed by atoms with E-state index in [1.165, 1.54) is 4.90 Å². The summed E-state index contributed by atoms with van der Waals surface area (Å²) >= 11 is 0. The predicted molar refractivity (Wildman–Crippen MR) is 65.2 cm³/mol. The Bertz CT molecular complexity index is 602. The van der Waals surface area contributed by atoms with E-state index in [0.717, 1.165) is 0 Å². The highest BCUT2D eigenvalue weighted by atomic mass is 16.3. The van der Waals surface area contributed by atoms with E-state index in [4.69, 9.17) is 4.42 Å². The molecule has 1 aliphatic heterocycles. The van der Waals surface area contributed by atoms with Crippen LogP contribution in [0.1, 0.15) is 10.5 Å². The van der Waals surface area contributed by atoms with Crippen LogP contribution < -0.4 is 5.32 Å². The molecule has 3 rings (SSSR count). The highest BCUT2D eigenvalue weighted by Crippen LogP contribution is 2.18. The summed E-state index contributed by atoms with van der Waals surface area (Å²) in [6, 6.07) is 5.15. The Morgan fingerprint density at radius 2 is 2.37 bits per heavy atom. The number of furan rings is 1. The number of nitrogens with zero attached hydrogens (tertiary/aromatic N) is 2. The molecule has 19 heavy (non-hydrogen) atoms. The number of aromatic nitrogens is 2. The molecule has 0 aromatic carbocycles. The Balaban J connectivity index is 1.79. The summed E-state index contributed by atoms with van der Waals surface area (Å²) < 4.78 is 5.21. The van der Waals surface area contributed by atoms with E-state index in [0.29, 0.717) is 24.5 Å². The van der Waals surface area contributed by atoms with Crippen molar-refractivity contribution in [2.45, 2.75) is 0 Å². The van der Waals surface area contributed by atoms with Gasteiger partial charge in [0.25, 0.3) is 5.91 Å². The molecular weight excluding hydrogens is 248 g/mol. The van der Waals surface area contributed by atoms with Crippen LogP contribution in [0.15, 0.2) is 28.9 Å².